The summed E-state index contributed by atoms with van der Waals surface area (Å²) in [4.78, 5) is 28.1. The molecule has 1 aromatic heterocycles. The molecular formula is C20H19ClN4O3. The van der Waals surface area contributed by atoms with Crippen LogP contribution in [0.3, 0.4) is 0 Å². The van der Waals surface area contributed by atoms with E-state index in [1.807, 2.05) is 13.0 Å². The lowest BCUT2D eigenvalue weighted by molar-refractivity contribution is -0.118. The summed E-state index contributed by atoms with van der Waals surface area (Å²) in [6.07, 6.45) is 1.64. The first-order chi connectivity index (χ1) is 13.6. The van der Waals surface area contributed by atoms with Crippen molar-refractivity contribution in [3.63, 3.8) is 0 Å². The number of nitrogens with zero attached hydrogens (tertiary/aromatic N) is 1. The number of anilines is 2. The fourth-order valence-electron chi connectivity index (χ4n) is 2.58. The van der Waals surface area contributed by atoms with Gasteiger partial charge in [-0.25, -0.2) is 4.79 Å². The van der Waals surface area contributed by atoms with E-state index < -0.39 is 0 Å². The zero-order valence-corrected chi connectivity index (χ0v) is 15.9. The van der Waals surface area contributed by atoms with Crippen LogP contribution in [-0.2, 0) is 4.79 Å². The Morgan fingerprint density at radius 2 is 1.86 bits per heavy atom. The maximum Gasteiger partial charge on any atom is 0.319 e. The molecule has 0 unspecified atom stereocenters. The zero-order chi connectivity index (χ0) is 19.9. The molecule has 0 fully saturated rings. The van der Waals surface area contributed by atoms with E-state index in [1.165, 1.54) is 0 Å². The number of fused-ring (bicyclic) bond motifs is 1. The third-order valence-electron chi connectivity index (χ3n) is 3.78. The molecule has 3 rings (SSSR count). The molecule has 2 aromatic carbocycles. The van der Waals surface area contributed by atoms with Gasteiger partial charge in [0, 0.05) is 29.5 Å². The lowest BCUT2D eigenvalue weighted by atomic mass is 10.2. The summed E-state index contributed by atoms with van der Waals surface area (Å²) >= 11 is 6.16. The van der Waals surface area contributed by atoms with Crippen LogP contribution in [-0.4, -0.2) is 30.1 Å². The first-order valence-electron chi connectivity index (χ1n) is 8.67. The van der Waals surface area contributed by atoms with Gasteiger partial charge in [-0.3, -0.25) is 9.78 Å². The van der Waals surface area contributed by atoms with Gasteiger partial charge in [-0.15, -0.1) is 0 Å². The molecule has 3 aromatic rings. The maximum absolute atomic E-state index is 12.2. The van der Waals surface area contributed by atoms with Crippen molar-refractivity contribution in [2.75, 3.05) is 23.8 Å². The minimum Gasteiger partial charge on any atom is -0.481 e. The van der Waals surface area contributed by atoms with Crippen molar-refractivity contribution < 1.29 is 14.3 Å². The number of carbonyl (C=O) groups is 2. The number of aromatic nitrogens is 1. The molecule has 0 spiro atoms. The lowest BCUT2D eigenvalue weighted by Gasteiger charge is -2.11. The molecule has 0 bridgehead atoms. The number of hydrogen-bond donors (Lipinski definition) is 3. The Bertz CT molecular complexity index is 1010. The second-order valence-electron chi connectivity index (χ2n) is 5.85. The Morgan fingerprint density at radius 3 is 2.64 bits per heavy atom. The summed E-state index contributed by atoms with van der Waals surface area (Å²) in [6, 6.07) is 13.5. The molecule has 7 nitrogen and oxygen atoms in total. The lowest BCUT2D eigenvalue weighted by Crippen LogP contribution is -2.28. The molecule has 28 heavy (non-hydrogen) atoms. The molecule has 1 heterocycles. The number of halogens is 1. The van der Waals surface area contributed by atoms with E-state index in [9.17, 15) is 9.59 Å². The van der Waals surface area contributed by atoms with Crippen molar-refractivity contribution in [2.45, 2.75) is 6.92 Å². The van der Waals surface area contributed by atoms with E-state index in [4.69, 9.17) is 16.3 Å². The zero-order valence-electron chi connectivity index (χ0n) is 15.2. The van der Waals surface area contributed by atoms with Gasteiger partial charge >= 0.3 is 6.03 Å². The van der Waals surface area contributed by atoms with Crippen LogP contribution in [0.15, 0.2) is 54.7 Å². The second kappa shape index (κ2) is 9.05. The minimum atomic E-state index is -0.339. The molecule has 0 aliphatic heterocycles. The topological polar surface area (TPSA) is 92.4 Å². The standard InChI is InChI=1S/C20H19ClN4O3/c1-2-22-20(27)25-14-6-3-5-13(11-14)24-18(26)12-28-17-9-8-16(21)15-7-4-10-23-19(15)17/h3-11H,2,12H2,1H3,(H,24,26)(H2,22,25,27). The van der Waals surface area contributed by atoms with Gasteiger partial charge in [0.15, 0.2) is 6.61 Å². The van der Waals surface area contributed by atoms with Crippen LogP contribution in [0.1, 0.15) is 6.92 Å². The van der Waals surface area contributed by atoms with E-state index >= 15 is 0 Å². The van der Waals surface area contributed by atoms with Crippen LogP contribution in [0.4, 0.5) is 16.2 Å². The van der Waals surface area contributed by atoms with Crippen molar-refractivity contribution in [3.8, 4) is 5.75 Å². The molecule has 0 saturated heterocycles. The molecule has 8 heteroatoms. The molecule has 0 aliphatic carbocycles. The van der Waals surface area contributed by atoms with Crippen LogP contribution in [0.5, 0.6) is 5.75 Å². The van der Waals surface area contributed by atoms with Gasteiger partial charge in [-0.05, 0) is 49.4 Å². The number of urea groups is 1. The molecule has 3 amide bonds. The molecule has 0 atom stereocenters. The van der Waals surface area contributed by atoms with E-state index in [0.29, 0.717) is 34.2 Å². The van der Waals surface area contributed by atoms with Gasteiger partial charge in [0.05, 0.1) is 5.02 Å². The normalized spacial score (nSPS) is 10.4. The Hall–Kier alpha value is -3.32. The van der Waals surface area contributed by atoms with E-state index in [-0.39, 0.29) is 18.5 Å². The van der Waals surface area contributed by atoms with Gasteiger partial charge in [0.1, 0.15) is 11.3 Å². The third kappa shape index (κ3) is 4.89. The van der Waals surface area contributed by atoms with Crippen molar-refractivity contribution >= 4 is 45.8 Å². The van der Waals surface area contributed by atoms with Crippen molar-refractivity contribution in [1.82, 2.24) is 10.3 Å². The number of carbonyl (C=O) groups excluding carboxylic acids is 2. The van der Waals surface area contributed by atoms with Gasteiger partial charge in [0.2, 0.25) is 0 Å². The van der Waals surface area contributed by atoms with E-state index in [2.05, 4.69) is 20.9 Å². The van der Waals surface area contributed by atoms with Gasteiger partial charge in [-0.1, -0.05) is 17.7 Å². The van der Waals surface area contributed by atoms with Crippen LogP contribution >= 0.6 is 11.6 Å². The summed E-state index contributed by atoms with van der Waals surface area (Å²) in [5, 5.41) is 9.38. The highest BCUT2D eigenvalue weighted by Crippen LogP contribution is 2.29. The van der Waals surface area contributed by atoms with E-state index in [0.717, 1.165) is 5.39 Å². The Morgan fingerprint density at radius 1 is 1.07 bits per heavy atom. The predicted molar refractivity (Wildman–Crippen MR) is 110 cm³/mol. The van der Waals surface area contributed by atoms with Crippen LogP contribution < -0.4 is 20.7 Å². The largest absolute Gasteiger partial charge is 0.481 e. The fourth-order valence-corrected chi connectivity index (χ4v) is 2.79. The van der Waals surface area contributed by atoms with Gasteiger partial charge in [-0.2, -0.15) is 0 Å². The number of ether oxygens (including phenoxy) is 1. The van der Waals surface area contributed by atoms with Crippen molar-refractivity contribution in [2.24, 2.45) is 0 Å². The van der Waals surface area contributed by atoms with Crippen molar-refractivity contribution in [1.29, 1.82) is 0 Å². The Labute approximate surface area is 167 Å². The first kappa shape index (κ1) is 19.4. The van der Waals surface area contributed by atoms with Crippen LogP contribution in [0.25, 0.3) is 10.9 Å². The molecule has 144 valence electrons. The summed E-state index contributed by atoms with van der Waals surface area (Å²) in [7, 11) is 0. The molecular weight excluding hydrogens is 380 g/mol. The van der Waals surface area contributed by atoms with Crippen molar-refractivity contribution in [3.05, 3.63) is 59.8 Å². The third-order valence-corrected chi connectivity index (χ3v) is 4.11. The number of pyridine rings is 1. The minimum absolute atomic E-state index is 0.193. The number of benzene rings is 2. The highest BCUT2D eigenvalue weighted by Gasteiger charge is 2.10. The summed E-state index contributed by atoms with van der Waals surface area (Å²) in [6.45, 7) is 2.16. The number of amides is 3. The average Bonchev–Trinajstić information content (AvgIpc) is 2.68. The Balaban J connectivity index is 1.62. The maximum atomic E-state index is 12.2. The molecule has 0 aliphatic rings. The summed E-state index contributed by atoms with van der Waals surface area (Å²) in [5.74, 6) is 0.135. The molecule has 0 saturated carbocycles. The number of rotatable bonds is 6. The number of hydrogen-bond acceptors (Lipinski definition) is 4. The first-order valence-corrected chi connectivity index (χ1v) is 9.05. The second-order valence-corrected chi connectivity index (χ2v) is 6.25. The van der Waals surface area contributed by atoms with Gasteiger partial charge in [0.25, 0.3) is 5.91 Å². The highest BCUT2D eigenvalue weighted by atomic mass is 35.5. The quantitative estimate of drug-likeness (QED) is 0.584. The molecule has 3 N–H and O–H groups in total. The monoisotopic (exact) mass is 398 g/mol. The van der Waals surface area contributed by atoms with Crippen LogP contribution in [0, 0.1) is 0 Å². The average molecular weight is 399 g/mol. The van der Waals surface area contributed by atoms with Gasteiger partial charge < -0.3 is 20.7 Å². The predicted octanol–water partition coefficient (Wildman–Crippen LogP) is 4.05. The van der Waals surface area contributed by atoms with Crippen LogP contribution in [0.2, 0.25) is 5.02 Å². The SMILES string of the molecule is CCNC(=O)Nc1cccc(NC(=O)COc2ccc(Cl)c3cccnc23)c1. The summed E-state index contributed by atoms with van der Waals surface area (Å²) in [5.41, 5.74) is 1.70. The smallest absolute Gasteiger partial charge is 0.319 e. The summed E-state index contributed by atoms with van der Waals surface area (Å²) < 4.78 is 5.62. The highest BCUT2D eigenvalue weighted by molar-refractivity contribution is 6.35. The molecule has 0 radical (unpaired) electrons. The number of nitrogens with one attached hydrogen (secondary N) is 3. The fraction of sp³-hybridized carbons (Fsp3) is 0.150. The Kier molecular flexibility index (Phi) is 6.29. The van der Waals surface area contributed by atoms with E-state index in [1.54, 1.807) is 48.7 Å².